The molecule has 9 nitrogen and oxygen atoms in total. The molecule has 0 saturated carbocycles. The normalized spacial score (nSPS) is 14.6. The van der Waals surface area contributed by atoms with Crippen LogP contribution in [0.1, 0.15) is 56.6 Å². The zero-order chi connectivity index (χ0) is 24.9. The van der Waals surface area contributed by atoms with Crippen molar-refractivity contribution >= 4 is 17.5 Å². The van der Waals surface area contributed by atoms with Crippen molar-refractivity contribution < 1.29 is 0 Å². The molecule has 0 bridgehead atoms. The lowest BCUT2D eigenvalue weighted by atomic mass is 10.1. The van der Waals surface area contributed by atoms with Crippen LogP contribution in [0, 0.1) is 0 Å². The average molecular weight is 488 g/mol. The minimum Gasteiger partial charge on any atom is -0.350 e. The maximum Gasteiger partial charge on any atom is 0.230 e. The molecule has 1 N–H and O–H groups in total. The summed E-state index contributed by atoms with van der Waals surface area (Å²) >= 11 is 0. The summed E-state index contributed by atoms with van der Waals surface area (Å²) in [6.07, 6.45) is 10.8. The van der Waals surface area contributed by atoms with Gasteiger partial charge in [0.05, 0.1) is 11.9 Å². The number of aromatic nitrogens is 6. The highest BCUT2D eigenvalue weighted by atomic mass is 15.4. The van der Waals surface area contributed by atoms with Crippen LogP contribution in [0.2, 0.25) is 0 Å². The Bertz CT molecular complexity index is 1260. The number of hydrogen-bond acceptors (Lipinski definition) is 7. The number of benzene rings is 1. The van der Waals surface area contributed by atoms with E-state index in [-0.39, 0.29) is 0 Å². The van der Waals surface area contributed by atoms with Crippen LogP contribution >= 0.6 is 0 Å². The van der Waals surface area contributed by atoms with E-state index < -0.39 is 0 Å². The zero-order valence-electron chi connectivity index (χ0n) is 21.6. The van der Waals surface area contributed by atoms with Crippen LogP contribution in [-0.4, -0.2) is 67.5 Å². The number of fused-ring (bicyclic) bond motifs is 1. The predicted molar refractivity (Wildman–Crippen MR) is 144 cm³/mol. The van der Waals surface area contributed by atoms with Crippen molar-refractivity contribution in [2.75, 3.05) is 43.4 Å². The Morgan fingerprint density at radius 3 is 2.64 bits per heavy atom. The number of para-hydroxylation sites is 1. The monoisotopic (exact) mass is 487 g/mol. The lowest BCUT2D eigenvalue weighted by Crippen LogP contribution is -2.33. The molecule has 4 aromatic rings. The average Bonchev–Trinajstić information content (AvgIpc) is 3.58. The Hall–Kier alpha value is -3.46. The van der Waals surface area contributed by atoms with Gasteiger partial charge < -0.3 is 15.1 Å². The van der Waals surface area contributed by atoms with Gasteiger partial charge in [-0.3, -0.25) is 0 Å². The first kappa shape index (κ1) is 24.2. The van der Waals surface area contributed by atoms with Gasteiger partial charge in [-0.1, -0.05) is 38.5 Å². The lowest BCUT2D eigenvalue weighted by Gasteiger charge is -2.27. The summed E-state index contributed by atoms with van der Waals surface area (Å²) in [5.74, 6) is 1.74. The first-order valence-electron chi connectivity index (χ1n) is 13.1. The van der Waals surface area contributed by atoms with Gasteiger partial charge in [-0.25, -0.2) is 4.68 Å². The van der Waals surface area contributed by atoms with Crippen LogP contribution in [0.3, 0.4) is 0 Å². The fourth-order valence-corrected chi connectivity index (χ4v) is 4.86. The molecule has 3 aromatic heterocycles. The number of anilines is 2. The van der Waals surface area contributed by atoms with E-state index in [0.29, 0.717) is 18.4 Å². The molecule has 1 fully saturated rings. The maximum atomic E-state index is 4.94. The van der Waals surface area contributed by atoms with Crippen LogP contribution in [0.25, 0.3) is 11.3 Å². The molecule has 0 aliphatic carbocycles. The van der Waals surface area contributed by atoms with Crippen LogP contribution in [0.5, 0.6) is 0 Å². The molecular formula is C27H37N9. The van der Waals surface area contributed by atoms with Gasteiger partial charge in [0.25, 0.3) is 0 Å². The number of piperidine rings is 1. The molecule has 1 aromatic carbocycles. The van der Waals surface area contributed by atoms with E-state index in [1.165, 1.54) is 32.4 Å². The Kier molecular flexibility index (Phi) is 7.46. The number of nitrogens with one attached hydrogen (secondary N) is 1. The molecule has 0 radical (unpaired) electrons. The second-order valence-electron chi connectivity index (χ2n) is 9.95. The molecule has 4 heterocycles. The molecule has 0 atom stereocenters. The van der Waals surface area contributed by atoms with Crippen molar-refractivity contribution in [1.82, 2.24) is 34.3 Å². The van der Waals surface area contributed by atoms with Crippen LogP contribution < -0.4 is 10.2 Å². The van der Waals surface area contributed by atoms with Gasteiger partial charge >= 0.3 is 0 Å². The highest BCUT2D eigenvalue weighted by Crippen LogP contribution is 2.24. The van der Waals surface area contributed by atoms with Gasteiger partial charge in [0.2, 0.25) is 11.9 Å². The molecule has 1 saturated heterocycles. The minimum absolute atomic E-state index is 0.322. The first-order valence-corrected chi connectivity index (χ1v) is 13.1. The molecule has 0 amide bonds. The third-order valence-corrected chi connectivity index (χ3v) is 6.94. The second kappa shape index (κ2) is 11.1. The zero-order valence-corrected chi connectivity index (χ0v) is 21.6. The van der Waals surface area contributed by atoms with Crippen molar-refractivity contribution in [1.29, 1.82) is 0 Å². The largest absolute Gasteiger partial charge is 0.350 e. The summed E-state index contributed by atoms with van der Waals surface area (Å²) in [5, 5.41) is 12.6. The molecule has 5 rings (SSSR count). The van der Waals surface area contributed by atoms with Gasteiger partial charge in [-0.2, -0.15) is 24.7 Å². The Balaban J connectivity index is 1.37. The maximum absolute atomic E-state index is 4.94. The van der Waals surface area contributed by atoms with Crippen LogP contribution in [-0.2, 0) is 6.54 Å². The van der Waals surface area contributed by atoms with E-state index in [2.05, 4.69) is 58.3 Å². The van der Waals surface area contributed by atoms with E-state index in [0.717, 1.165) is 47.9 Å². The van der Waals surface area contributed by atoms with E-state index in [1.807, 2.05) is 39.8 Å². The molecule has 0 unspecified atom stereocenters. The standard InChI is InChI=1S/C27H37N9/c1-21(2)23-20-30-36-25(23)31-27(33(3)14-10-17-34-15-7-4-8-16-34)32-26(36)28-19-22-11-5-6-12-24(22)35-18-9-13-29-35/h5-6,9,11-13,18,20-21H,4,7-8,10,14-17,19H2,1-3H3,(H,28,31,32). The quantitative estimate of drug-likeness (QED) is 0.356. The number of rotatable bonds is 10. The second-order valence-corrected chi connectivity index (χ2v) is 9.95. The van der Waals surface area contributed by atoms with E-state index >= 15 is 0 Å². The number of hydrogen-bond donors (Lipinski definition) is 1. The van der Waals surface area contributed by atoms with Gasteiger partial charge in [0, 0.05) is 38.1 Å². The van der Waals surface area contributed by atoms with Gasteiger partial charge in [0.1, 0.15) is 0 Å². The molecule has 1 aliphatic heterocycles. The summed E-state index contributed by atoms with van der Waals surface area (Å²) in [6.45, 7) is 9.45. The Morgan fingerprint density at radius 1 is 1.03 bits per heavy atom. The summed E-state index contributed by atoms with van der Waals surface area (Å²) < 4.78 is 3.72. The smallest absolute Gasteiger partial charge is 0.230 e. The van der Waals surface area contributed by atoms with Crippen molar-refractivity contribution in [2.24, 2.45) is 0 Å². The SMILES string of the molecule is CC(C)c1cnn2c(NCc3ccccc3-n3cccn3)nc(N(C)CCCN3CCCCC3)nc12. The molecule has 1 aliphatic rings. The Labute approximate surface area is 213 Å². The third kappa shape index (κ3) is 5.36. The number of likely N-dealkylation sites (tertiary alicyclic amines) is 1. The molecule has 36 heavy (non-hydrogen) atoms. The highest BCUT2D eigenvalue weighted by Gasteiger charge is 2.18. The van der Waals surface area contributed by atoms with E-state index in [1.54, 1.807) is 6.20 Å². The van der Waals surface area contributed by atoms with E-state index in [9.17, 15) is 0 Å². The van der Waals surface area contributed by atoms with Crippen molar-refractivity contribution in [3.05, 3.63) is 60.0 Å². The fourth-order valence-electron chi connectivity index (χ4n) is 4.86. The summed E-state index contributed by atoms with van der Waals surface area (Å²) in [4.78, 5) is 14.6. The molecule has 0 spiro atoms. The molecule has 190 valence electrons. The summed E-state index contributed by atoms with van der Waals surface area (Å²) in [6, 6.07) is 10.2. The van der Waals surface area contributed by atoms with Gasteiger partial charge in [-0.15, -0.1) is 0 Å². The van der Waals surface area contributed by atoms with Crippen LogP contribution in [0.4, 0.5) is 11.9 Å². The van der Waals surface area contributed by atoms with Crippen molar-refractivity contribution in [3.63, 3.8) is 0 Å². The first-order chi connectivity index (χ1) is 17.6. The third-order valence-electron chi connectivity index (χ3n) is 6.94. The summed E-state index contributed by atoms with van der Waals surface area (Å²) in [7, 11) is 2.09. The van der Waals surface area contributed by atoms with E-state index in [4.69, 9.17) is 9.97 Å². The molecule has 9 heteroatoms. The Morgan fingerprint density at radius 2 is 1.86 bits per heavy atom. The highest BCUT2D eigenvalue weighted by molar-refractivity contribution is 5.56. The topological polar surface area (TPSA) is 79.4 Å². The van der Waals surface area contributed by atoms with Crippen molar-refractivity contribution in [3.8, 4) is 5.69 Å². The van der Waals surface area contributed by atoms with Gasteiger partial charge in [0.15, 0.2) is 5.65 Å². The van der Waals surface area contributed by atoms with Gasteiger partial charge in [-0.05, 0) is 62.5 Å². The van der Waals surface area contributed by atoms with Crippen LogP contribution in [0.15, 0.2) is 48.9 Å². The van der Waals surface area contributed by atoms with Crippen molar-refractivity contribution in [2.45, 2.75) is 52.0 Å². The minimum atomic E-state index is 0.322. The summed E-state index contributed by atoms with van der Waals surface area (Å²) in [5.41, 5.74) is 4.15. The number of nitrogens with zero attached hydrogens (tertiary/aromatic N) is 8. The molecular weight excluding hydrogens is 450 g/mol. The fraction of sp³-hybridized carbons (Fsp3) is 0.481. The predicted octanol–water partition coefficient (Wildman–Crippen LogP) is 4.36. The lowest BCUT2D eigenvalue weighted by molar-refractivity contribution is 0.227.